The Kier molecular flexibility index (Phi) is 4.04. The van der Waals surface area contributed by atoms with Gasteiger partial charge in [0.05, 0.1) is 23.5 Å². The van der Waals surface area contributed by atoms with Crippen LogP contribution in [-0.4, -0.2) is 44.9 Å². The molecule has 0 unspecified atom stereocenters. The molecule has 0 N–H and O–H groups in total. The number of fused-ring (bicyclic) bond motifs is 5. The van der Waals surface area contributed by atoms with Gasteiger partial charge in [0.1, 0.15) is 16.5 Å². The third-order valence-electron chi connectivity index (χ3n) is 5.57. The lowest BCUT2D eigenvalue weighted by atomic mass is 9.94. The predicted octanol–water partition coefficient (Wildman–Crippen LogP) is 3.02. The van der Waals surface area contributed by atoms with Gasteiger partial charge in [0.2, 0.25) is 5.91 Å². The van der Waals surface area contributed by atoms with Gasteiger partial charge in [0.15, 0.2) is 0 Å². The first-order valence-corrected chi connectivity index (χ1v) is 10.2. The van der Waals surface area contributed by atoms with Crippen molar-refractivity contribution in [3.05, 3.63) is 47.4 Å². The summed E-state index contributed by atoms with van der Waals surface area (Å²) < 4.78 is 0. The van der Waals surface area contributed by atoms with Crippen molar-refractivity contribution in [1.29, 1.82) is 0 Å². The third-order valence-corrected chi connectivity index (χ3v) is 6.37. The molecule has 3 saturated heterocycles. The maximum atomic E-state index is 13.1. The molecule has 6 nitrogen and oxygen atoms in total. The van der Waals surface area contributed by atoms with Crippen LogP contribution in [0.1, 0.15) is 24.4 Å². The maximum Gasteiger partial charge on any atom is 0.228 e. The van der Waals surface area contributed by atoms with E-state index in [-0.39, 0.29) is 17.9 Å². The quantitative estimate of drug-likeness (QED) is 0.700. The number of rotatable bonds is 3. The number of carbonyl (C=O) groups excluding carboxylic acids is 1. The summed E-state index contributed by atoms with van der Waals surface area (Å²) in [5.41, 5.74) is 0.947. The first kappa shape index (κ1) is 16.6. The highest BCUT2D eigenvalue weighted by Gasteiger charge is 2.41. The van der Waals surface area contributed by atoms with Gasteiger partial charge in [0.25, 0.3) is 0 Å². The largest absolute Gasteiger partial charge is 0.353 e. The molecule has 0 radical (unpaired) electrons. The molecule has 1 amide bonds. The van der Waals surface area contributed by atoms with Crippen LogP contribution in [0.4, 0.5) is 5.82 Å². The van der Waals surface area contributed by atoms with Crippen LogP contribution in [0.2, 0.25) is 0 Å². The molecule has 6 rings (SSSR count). The molecule has 27 heavy (non-hydrogen) atoms. The van der Waals surface area contributed by atoms with E-state index in [2.05, 4.69) is 26.3 Å². The second-order valence-electron chi connectivity index (χ2n) is 7.35. The number of anilines is 1. The van der Waals surface area contributed by atoms with Gasteiger partial charge in [-0.05, 0) is 43.3 Å². The molecular formula is C20H21N5OS. The third kappa shape index (κ3) is 2.96. The van der Waals surface area contributed by atoms with Crippen molar-refractivity contribution in [2.24, 2.45) is 5.92 Å². The molecule has 3 aliphatic heterocycles. The first-order valence-electron chi connectivity index (χ1n) is 9.36. The summed E-state index contributed by atoms with van der Waals surface area (Å²) in [4.78, 5) is 32.2. The smallest absolute Gasteiger partial charge is 0.228 e. The Balaban J connectivity index is 1.48. The fourth-order valence-electron chi connectivity index (χ4n) is 4.27. The topological polar surface area (TPSA) is 62.2 Å². The van der Waals surface area contributed by atoms with Crippen molar-refractivity contribution in [3.8, 4) is 0 Å². The van der Waals surface area contributed by atoms with Crippen LogP contribution in [-0.2, 0) is 11.3 Å². The van der Waals surface area contributed by atoms with Gasteiger partial charge in [-0.3, -0.25) is 9.78 Å². The van der Waals surface area contributed by atoms with Gasteiger partial charge >= 0.3 is 0 Å². The van der Waals surface area contributed by atoms with Crippen LogP contribution in [0.15, 0.2) is 35.8 Å². The molecule has 3 aromatic heterocycles. The van der Waals surface area contributed by atoms with Crippen LogP contribution >= 0.6 is 11.3 Å². The highest BCUT2D eigenvalue weighted by atomic mass is 32.1. The van der Waals surface area contributed by atoms with E-state index in [1.54, 1.807) is 17.5 Å². The minimum atomic E-state index is 0.0245. The van der Waals surface area contributed by atoms with Crippen molar-refractivity contribution in [2.45, 2.75) is 32.4 Å². The monoisotopic (exact) mass is 379 g/mol. The van der Waals surface area contributed by atoms with Crippen molar-refractivity contribution < 1.29 is 4.79 Å². The Bertz CT molecular complexity index is 988. The fraction of sp³-hybridized carbons (Fsp3) is 0.400. The minimum absolute atomic E-state index is 0.0245. The van der Waals surface area contributed by atoms with E-state index < -0.39 is 0 Å². The normalized spacial score (nSPS) is 22.5. The summed E-state index contributed by atoms with van der Waals surface area (Å²) in [7, 11) is 0. The van der Waals surface area contributed by atoms with E-state index in [0.717, 1.165) is 53.5 Å². The van der Waals surface area contributed by atoms with E-state index in [1.807, 2.05) is 30.0 Å². The minimum Gasteiger partial charge on any atom is -0.353 e. The van der Waals surface area contributed by atoms with Gasteiger partial charge in [-0.2, -0.15) is 0 Å². The molecule has 6 heterocycles. The van der Waals surface area contributed by atoms with E-state index in [0.29, 0.717) is 6.54 Å². The lowest BCUT2D eigenvalue weighted by Gasteiger charge is -2.35. The molecule has 3 fully saturated rings. The Morgan fingerprint density at radius 1 is 1.19 bits per heavy atom. The Morgan fingerprint density at radius 3 is 2.96 bits per heavy atom. The zero-order valence-corrected chi connectivity index (χ0v) is 16.0. The van der Waals surface area contributed by atoms with E-state index in [4.69, 9.17) is 4.98 Å². The van der Waals surface area contributed by atoms with Crippen LogP contribution in [0, 0.1) is 12.8 Å². The lowest BCUT2D eigenvalue weighted by Crippen LogP contribution is -2.47. The van der Waals surface area contributed by atoms with Gasteiger partial charge in [-0.15, -0.1) is 11.3 Å². The molecule has 3 aromatic rings. The van der Waals surface area contributed by atoms with E-state index in [9.17, 15) is 4.79 Å². The summed E-state index contributed by atoms with van der Waals surface area (Å²) in [5.74, 6) is 2.04. The van der Waals surface area contributed by atoms with Crippen LogP contribution in [0.25, 0.3) is 10.2 Å². The lowest BCUT2D eigenvalue weighted by molar-refractivity contribution is -0.140. The molecule has 7 heteroatoms. The average Bonchev–Trinajstić information content (AvgIpc) is 2.98. The van der Waals surface area contributed by atoms with Crippen LogP contribution in [0.5, 0.6) is 0 Å². The summed E-state index contributed by atoms with van der Waals surface area (Å²) in [6, 6.07) is 8.17. The average molecular weight is 379 g/mol. The van der Waals surface area contributed by atoms with E-state index in [1.165, 1.54) is 0 Å². The number of thiophene rings is 1. The molecule has 0 spiro atoms. The number of hydrogen-bond acceptors (Lipinski definition) is 6. The molecule has 0 aliphatic carbocycles. The van der Waals surface area contributed by atoms with Crippen molar-refractivity contribution >= 4 is 33.3 Å². The summed E-state index contributed by atoms with van der Waals surface area (Å²) in [5, 5.41) is 3.16. The zero-order chi connectivity index (χ0) is 18.4. The summed E-state index contributed by atoms with van der Waals surface area (Å²) >= 11 is 1.64. The number of piperidine rings is 1. The van der Waals surface area contributed by atoms with Gasteiger partial charge in [0, 0.05) is 25.3 Å². The number of hydrogen-bond donors (Lipinski definition) is 0. The molecule has 0 aromatic carbocycles. The van der Waals surface area contributed by atoms with Crippen LogP contribution in [0.3, 0.4) is 0 Å². The zero-order valence-electron chi connectivity index (χ0n) is 15.2. The number of amides is 1. The molecular weight excluding hydrogens is 358 g/mol. The number of aromatic nitrogens is 3. The molecule has 0 saturated carbocycles. The van der Waals surface area contributed by atoms with Gasteiger partial charge < -0.3 is 9.80 Å². The molecule has 2 bridgehead atoms. The van der Waals surface area contributed by atoms with Crippen molar-refractivity contribution in [2.75, 3.05) is 18.0 Å². The van der Waals surface area contributed by atoms with Gasteiger partial charge in [-0.25, -0.2) is 9.97 Å². The molecule has 138 valence electrons. The SMILES string of the molecule is Cc1nc(N2C[C@@H]3CC[C@H](C2)N(Cc2ccccn2)C3=O)c2ccsc2n1. The van der Waals surface area contributed by atoms with Crippen molar-refractivity contribution in [3.63, 3.8) is 0 Å². The van der Waals surface area contributed by atoms with Crippen molar-refractivity contribution in [1.82, 2.24) is 19.9 Å². The molecule has 2 atom stereocenters. The van der Waals surface area contributed by atoms with E-state index >= 15 is 0 Å². The number of aryl methyl sites for hydroxylation is 1. The second kappa shape index (κ2) is 6.56. The maximum absolute atomic E-state index is 13.1. The summed E-state index contributed by atoms with van der Waals surface area (Å²) in [6.45, 7) is 4.07. The van der Waals surface area contributed by atoms with Crippen LogP contribution < -0.4 is 4.90 Å². The predicted molar refractivity (Wildman–Crippen MR) is 106 cm³/mol. The first-order chi connectivity index (χ1) is 13.2. The Morgan fingerprint density at radius 2 is 2.11 bits per heavy atom. The number of nitrogens with zero attached hydrogens (tertiary/aromatic N) is 5. The number of pyridine rings is 1. The fourth-order valence-corrected chi connectivity index (χ4v) is 5.08. The molecule has 3 aliphatic rings. The highest BCUT2D eigenvalue weighted by molar-refractivity contribution is 7.16. The Hall–Kier alpha value is -2.54. The summed E-state index contributed by atoms with van der Waals surface area (Å²) in [6.07, 6.45) is 3.78. The van der Waals surface area contributed by atoms with Gasteiger partial charge in [-0.1, -0.05) is 6.07 Å². The standard InChI is InChI=1S/C20H21N5OS/c1-13-22-18(17-7-9-27-19(17)23-13)24-10-14-5-6-16(12-24)25(20(14)26)11-15-4-2-3-8-21-15/h2-4,7-9,14,16H,5-6,10-12H2,1H3/t14-,16+/m0/s1. The second-order valence-corrected chi connectivity index (χ2v) is 8.25. The Labute approximate surface area is 161 Å². The number of carbonyl (C=O) groups is 1. The highest BCUT2D eigenvalue weighted by Crippen LogP contribution is 2.35.